The normalized spacial score (nSPS) is 14.8. The fraction of sp³-hybridized carbons (Fsp3) is 0.357. The van der Waals surface area contributed by atoms with Gasteiger partial charge < -0.3 is 5.32 Å². The summed E-state index contributed by atoms with van der Waals surface area (Å²) in [5.41, 5.74) is 5.35. The minimum atomic E-state index is -0.184. The molecule has 1 aliphatic carbocycles. The lowest BCUT2D eigenvalue weighted by molar-refractivity contribution is -0.115. The Hall–Kier alpha value is -1.40. The number of amides is 1. The molecule has 0 saturated carbocycles. The molecule has 104 valence electrons. The largest absolute Gasteiger partial charge is 0.325 e. The summed E-state index contributed by atoms with van der Waals surface area (Å²) in [5, 5.41) is 10.5. The number of aryl methyl sites for hydroxylation is 2. The summed E-state index contributed by atoms with van der Waals surface area (Å²) in [5.74, 6) is 0.00291. The van der Waals surface area contributed by atoms with E-state index in [9.17, 15) is 4.79 Å². The second-order valence-corrected chi connectivity index (χ2v) is 7.21. The van der Waals surface area contributed by atoms with E-state index in [1.165, 1.54) is 40.6 Å². The summed E-state index contributed by atoms with van der Waals surface area (Å²) in [6.07, 6.45) is 3.50. The van der Waals surface area contributed by atoms with Gasteiger partial charge >= 0.3 is 0 Å². The molecule has 1 atom stereocenters. The quantitative estimate of drug-likeness (QED) is 0.882. The van der Waals surface area contributed by atoms with Gasteiger partial charge in [-0.15, -0.1) is 10.2 Å². The number of nitrogens with zero attached hydrogens (tertiary/aromatic N) is 2. The second-order valence-electron chi connectivity index (χ2n) is 4.79. The standard InChI is InChI=1S/C14H15N3OS2/c1-9(20-14-17-15-8-19-14)13(18)16-12-6-5-10-3-2-4-11(10)7-12/h5-9H,2-4H2,1H3,(H,16,18)/t9-/m1/s1. The van der Waals surface area contributed by atoms with E-state index >= 15 is 0 Å². The zero-order valence-corrected chi connectivity index (χ0v) is 12.8. The summed E-state index contributed by atoms with van der Waals surface area (Å²) in [6.45, 7) is 1.88. The average molecular weight is 305 g/mol. The van der Waals surface area contributed by atoms with Gasteiger partial charge in [-0.1, -0.05) is 29.2 Å². The zero-order valence-electron chi connectivity index (χ0n) is 11.1. The van der Waals surface area contributed by atoms with Crippen LogP contribution in [-0.4, -0.2) is 21.4 Å². The lowest BCUT2D eigenvalue weighted by Crippen LogP contribution is -2.22. The Labute approximate surface area is 126 Å². The highest BCUT2D eigenvalue weighted by molar-refractivity contribution is 8.02. The van der Waals surface area contributed by atoms with Crippen LogP contribution in [-0.2, 0) is 17.6 Å². The monoisotopic (exact) mass is 305 g/mol. The van der Waals surface area contributed by atoms with Gasteiger partial charge in [0.2, 0.25) is 5.91 Å². The number of hydrogen-bond acceptors (Lipinski definition) is 5. The van der Waals surface area contributed by atoms with Gasteiger partial charge in [0.25, 0.3) is 0 Å². The molecule has 1 heterocycles. The average Bonchev–Trinajstić information content (AvgIpc) is 3.08. The highest BCUT2D eigenvalue weighted by atomic mass is 32.2. The zero-order chi connectivity index (χ0) is 13.9. The minimum Gasteiger partial charge on any atom is -0.325 e. The van der Waals surface area contributed by atoms with Crippen molar-refractivity contribution >= 4 is 34.7 Å². The number of thioether (sulfide) groups is 1. The van der Waals surface area contributed by atoms with E-state index in [2.05, 4.69) is 27.6 Å². The smallest absolute Gasteiger partial charge is 0.237 e. The molecule has 0 radical (unpaired) electrons. The first-order chi connectivity index (χ1) is 9.72. The number of carbonyl (C=O) groups is 1. The molecule has 20 heavy (non-hydrogen) atoms. The molecule has 2 aromatic rings. The SMILES string of the molecule is C[C@@H](Sc1nncs1)C(=O)Nc1ccc2c(c1)CCC2. The third-order valence-corrected chi connectivity index (χ3v) is 5.26. The van der Waals surface area contributed by atoms with Crippen LogP contribution in [0.1, 0.15) is 24.5 Å². The fourth-order valence-corrected chi connectivity index (χ4v) is 3.94. The van der Waals surface area contributed by atoms with E-state index in [4.69, 9.17) is 0 Å². The molecule has 0 aliphatic heterocycles. The molecular formula is C14H15N3OS2. The first-order valence-corrected chi connectivity index (χ1v) is 8.34. The van der Waals surface area contributed by atoms with Crippen molar-refractivity contribution in [3.05, 3.63) is 34.8 Å². The number of carbonyl (C=O) groups excluding carboxylic acids is 1. The maximum atomic E-state index is 12.2. The minimum absolute atomic E-state index is 0.00291. The molecule has 1 N–H and O–H groups in total. The Kier molecular flexibility index (Phi) is 4.03. The molecule has 6 heteroatoms. The van der Waals surface area contributed by atoms with Crippen molar-refractivity contribution < 1.29 is 4.79 Å². The van der Waals surface area contributed by atoms with Gasteiger partial charge in [-0.3, -0.25) is 4.79 Å². The van der Waals surface area contributed by atoms with E-state index in [0.29, 0.717) is 0 Å². The Morgan fingerprint density at radius 1 is 1.40 bits per heavy atom. The summed E-state index contributed by atoms with van der Waals surface area (Å²) < 4.78 is 0.821. The summed E-state index contributed by atoms with van der Waals surface area (Å²) in [7, 11) is 0. The molecule has 1 amide bonds. The van der Waals surface area contributed by atoms with Gasteiger partial charge in [0.15, 0.2) is 4.34 Å². The van der Waals surface area contributed by atoms with Gasteiger partial charge in [-0.05, 0) is 49.4 Å². The van der Waals surface area contributed by atoms with Gasteiger partial charge in [-0.25, -0.2) is 0 Å². The van der Waals surface area contributed by atoms with Gasteiger partial charge in [0.1, 0.15) is 5.51 Å². The lowest BCUT2D eigenvalue weighted by Gasteiger charge is -2.11. The van der Waals surface area contributed by atoms with Gasteiger partial charge in [-0.2, -0.15) is 0 Å². The van der Waals surface area contributed by atoms with Crippen LogP contribution in [0.15, 0.2) is 28.0 Å². The molecule has 3 rings (SSSR count). The summed E-state index contributed by atoms with van der Waals surface area (Å²) in [6, 6.07) is 6.22. The second kappa shape index (κ2) is 5.93. The number of aromatic nitrogens is 2. The van der Waals surface area contributed by atoms with Gasteiger partial charge in [0.05, 0.1) is 5.25 Å². The van der Waals surface area contributed by atoms with Crippen molar-refractivity contribution in [2.24, 2.45) is 0 Å². The molecular weight excluding hydrogens is 290 g/mol. The number of hydrogen-bond donors (Lipinski definition) is 1. The molecule has 0 fully saturated rings. The summed E-state index contributed by atoms with van der Waals surface area (Å²) in [4.78, 5) is 12.2. The number of rotatable bonds is 4. The van der Waals surface area contributed by atoms with Crippen LogP contribution in [0.2, 0.25) is 0 Å². The number of benzene rings is 1. The van der Waals surface area contributed by atoms with Crippen molar-refractivity contribution in [3.8, 4) is 0 Å². The number of nitrogens with one attached hydrogen (secondary N) is 1. The molecule has 1 aromatic carbocycles. The van der Waals surface area contributed by atoms with Crippen molar-refractivity contribution in [3.63, 3.8) is 0 Å². The van der Waals surface area contributed by atoms with Crippen LogP contribution < -0.4 is 5.32 Å². The summed E-state index contributed by atoms with van der Waals surface area (Å²) >= 11 is 2.89. The number of fused-ring (bicyclic) bond motifs is 1. The van der Waals surface area contributed by atoms with Crippen molar-refractivity contribution in [2.45, 2.75) is 35.8 Å². The Morgan fingerprint density at radius 2 is 2.25 bits per heavy atom. The Bertz CT molecular complexity index is 613. The van der Waals surface area contributed by atoms with E-state index in [1.54, 1.807) is 5.51 Å². The molecule has 4 nitrogen and oxygen atoms in total. The topological polar surface area (TPSA) is 54.9 Å². The predicted molar refractivity (Wildman–Crippen MR) is 82.3 cm³/mol. The van der Waals surface area contributed by atoms with Crippen molar-refractivity contribution in [2.75, 3.05) is 5.32 Å². The molecule has 0 unspecified atom stereocenters. The van der Waals surface area contributed by atoms with E-state index in [1.807, 2.05) is 13.0 Å². The van der Waals surface area contributed by atoms with Crippen LogP contribution in [0.3, 0.4) is 0 Å². The van der Waals surface area contributed by atoms with Crippen LogP contribution in [0.4, 0.5) is 5.69 Å². The Morgan fingerprint density at radius 3 is 3.05 bits per heavy atom. The van der Waals surface area contributed by atoms with Crippen LogP contribution in [0.25, 0.3) is 0 Å². The third-order valence-electron chi connectivity index (χ3n) is 3.35. The predicted octanol–water partition coefficient (Wildman–Crippen LogP) is 3.15. The van der Waals surface area contributed by atoms with Crippen LogP contribution >= 0.6 is 23.1 Å². The van der Waals surface area contributed by atoms with E-state index < -0.39 is 0 Å². The van der Waals surface area contributed by atoms with E-state index in [-0.39, 0.29) is 11.2 Å². The van der Waals surface area contributed by atoms with Crippen molar-refractivity contribution in [1.82, 2.24) is 10.2 Å². The maximum Gasteiger partial charge on any atom is 0.237 e. The highest BCUT2D eigenvalue weighted by Gasteiger charge is 2.17. The Balaban J connectivity index is 1.63. The number of anilines is 1. The molecule has 0 spiro atoms. The molecule has 0 bridgehead atoms. The first-order valence-electron chi connectivity index (χ1n) is 6.58. The van der Waals surface area contributed by atoms with E-state index in [0.717, 1.165) is 22.9 Å². The lowest BCUT2D eigenvalue weighted by atomic mass is 10.1. The maximum absolute atomic E-state index is 12.2. The molecule has 1 aromatic heterocycles. The highest BCUT2D eigenvalue weighted by Crippen LogP contribution is 2.27. The van der Waals surface area contributed by atoms with Crippen LogP contribution in [0, 0.1) is 0 Å². The molecule has 1 aliphatic rings. The molecule has 0 saturated heterocycles. The van der Waals surface area contributed by atoms with Crippen LogP contribution in [0.5, 0.6) is 0 Å². The first kappa shape index (κ1) is 13.6. The fourth-order valence-electron chi connectivity index (χ4n) is 2.31. The van der Waals surface area contributed by atoms with Gasteiger partial charge in [0, 0.05) is 5.69 Å². The van der Waals surface area contributed by atoms with Crippen molar-refractivity contribution in [1.29, 1.82) is 0 Å². The third kappa shape index (κ3) is 3.02.